The fourth-order valence-corrected chi connectivity index (χ4v) is 6.14. The molecule has 2 unspecified atom stereocenters. The summed E-state index contributed by atoms with van der Waals surface area (Å²) in [6.45, 7) is 6.38. The first-order chi connectivity index (χ1) is 13.7. The van der Waals surface area contributed by atoms with Gasteiger partial charge in [-0.3, -0.25) is 0 Å². The van der Waals surface area contributed by atoms with Crippen molar-refractivity contribution in [3.8, 4) is 11.3 Å². The van der Waals surface area contributed by atoms with Gasteiger partial charge in [-0.2, -0.15) is 17.4 Å². The van der Waals surface area contributed by atoms with E-state index in [1.165, 1.54) is 15.4 Å². The zero-order chi connectivity index (χ0) is 20.8. The van der Waals surface area contributed by atoms with Crippen molar-refractivity contribution in [2.45, 2.75) is 57.7 Å². The number of hydrogen-bond acceptors (Lipinski definition) is 4. The zero-order valence-corrected chi connectivity index (χ0v) is 18.1. The van der Waals surface area contributed by atoms with Crippen LogP contribution in [0.15, 0.2) is 36.8 Å². The maximum atomic E-state index is 12.5. The summed E-state index contributed by atoms with van der Waals surface area (Å²) in [7, 11) is -3.50. The second-order valence-electron chi connectivity index (χ2n) is 9.19. The summed E-state index contributed by atoms with van der Waals surface area (Å²) in [6.07, 6.45) is 5.16. The van der Waals surface area contributed by atoms with Crippen LogP contribution in [0.3, 0.4) is 0 Å². The first kappa shape index (κ1) is 20.5. The Kier molecular flexibility index (Phi) is 5.31. The third kappa shape index (κ3) is 4.12. The molecule has 1 aromatic heterocycles. The minimum atomic E-state index is -3.50. The average Bonchev–Trinajstić information content (AvgIpc) is 3.23. The molecule has 0 amide bonds. The number of aliphatic hydroxyl groups excluding tert-OH is 1. The third-order valence-electron chi connectivity index (χ3n) is 5.88. The molecule has 7 nitrogen and oxygen atoms in total. The molecule has 2 N–H and O–H groups in total. The van der Waals surface area contributed by atoms with E-state index >= 15 is 0 Å². The van der Waals surface area contributed by atoms with Crippen LogP contribution in [0, 0.1) is 5.92 Å². The molecule has 1 aromatic carbocycles. The van der Waals surface area contributed by atoms with Crippen molar-refractivity contribution in [1.82, 2.24) is 18.6 Å². The molecule has 8 heteroatoms. The second kappa shape index (κ2) is 7.50. The third-order valence-corrected chi connectivity index (χ3v) is 7.80. The molecule has 0 radical (unpaired) electrons. The number of aromatic nitrogens is 2. The van der Waals surface area contributed by atoms with Crippen LogP contribution in [-0.2, 0) is 10.2 Å². The molecule has 0 spiro atoms. The summed E-state index contributed by atoms with van der Waals surface area (Å²) in [5.74, 6) is 0.0934. The number of benzene rings is 1. The number of nitrogens with zero attached hydrogens (tertiary/aromatic N) is 3. The van der Waals surface area contributed by atoms with Gasteiger partial charge in [-0.15, -0.1) is 0 Å². The molecule has 2 atom stereocenters. The number of hydrogen-bond donors (Lipinski definition) is 2. The van der Waals surface area contributed by atoms with Crippen molar-refractivity contribution in [1.29, 1.82) is 0 Å². The molecule has 2 aliphatic rings. The van der Waals surface area contributed by atoms with Gasteiger partial charge in [0.2, 0.25) is 0 Å². The fourth-order valence-electron chi connectivity index (χ4n) is 4.55. The van der Waals surface area contributed by atoms with Gasteiger partial charge in [0.15, 0.2) is 0 Å². The number of piperidine rings is 1. The molecule has 2 aliphatic heterocycles. The number of aliphatic hydroxyl groups is 1. The molecule has 2 aromatic rings. The van der Waals surface area contributed by atoms with E-state index in [1.54, 1.807) is 0 Å². The number of fused-ring (bicyclic) bond motifs is 3. The number of rotatable bonds is 5. The van der Waals surface area contributed by atoms with Crippen LogP contribution >= 0.6 is 0 Å². The Morgan fingerprint density at radius 3 is 2.62 bits per heavy atom. The van der Waals surface area contributed by atoms with E-state index in [1.807, 2.05) is 45.4 Å². The largest absolute Gasteiger partial charge is 0.393 e. The topological polar surface area (TPSA) is 87.5 Å². The Hall–Kier alpha value is -1.74. The van der Waals surface area contributed by atoms with E-state index in [-0.39, 0.29) is 12.0 Å². The van der Waals surface area contributed by atoms with Crippen LogP contribution in [0.4, 0.5) is 0 Å². The van der Waals surface area contributed by atoms with Crippen LogP contribution in [0.1, 0.15) is 51.6 Å². The lowest BCUT2D eigenvalue weighted by Crippen LogP contribution is -2.51. The summed E-state index contributed by atoms with van der Waals surface area (Å²) in [6, 6.07) is 8.34. The molecule has 1 fully saturated rings. The quantitative estimate of drug-likeness (QED) is 0.781. The molecule has 158 valence electrons. The molecule has 0 saturated carbocycles. The van der Waals surface area contributed by atoms with Crippen LogP contribution < -0.4 is 4.72 Å². The lowest BCUT2D eigenvalue weighted by molar-refractivity contribution is 0.0611. The lowest BCUT2D eigenvalue weighted by atomic mass is 9.87. The number of imidazole rings is 1. The highest BCUT2D eigenvalue weighted by Crippen LogP contribution is 2.42. The van der Waals surface area contributed by atoms with Gasteiger partial charge in [0, 0.05) is 24.2 Å². The monoisotopic (exact) mass is 418 g/mol. The van der Waals surface area contributed by atoms with E-state index in [2.05, 4.69) is 26.4 Å². The van der Waals surface area contributed by atoms with Crippen molar-refractivity contribution in [2.24, 2.45) is 5.92 Å². The minimum absolute atomic E-state index is 0.0722. The Morgan fingerprint density at radius 2 is 1.93 bits per heavy atom. The first-order valence-corrected chi connectivity index (χ1v) is 11.7. The second-order valence-corrected chi connectivity index (χ2v) is 10.9. The maximum absolute atomic E-state index is 12.5. The Balaban J connectivity index is 1.41. The van der Waals surface area contributed by atoms with Gasteiger partial charge in [-0.1, -0.05) is 24.3 Å². The van der Waals surface area contributed by atoms with Crippen LogP contribution in [-0.4, -0.2) is 52.1 Å². The predicted octanol–water partition coefficient (Wildman–Crippen LogP) is 2.55. The molecule has 0 aliphatic carbocycles. The van der Waals surface area contributed by atoms with Crippen molar-refractivity contribution in [3.05, 3.63) is 42.4 Å². The smallest absolute Gasteiger partial charge is 0.279 e. The van der Waals surface area contributed by atoms with Crippen molar-refractivity contribution >= 4 is 10.2 Å². The summed E-state index contributed by atoms with van der Waals surface area (Å²) >= 11 is 0. The zero-order valence-electron chi connectivity index (χ0n) is 17.2. The van der Waals surface area contributed by atoms with E-state index in [0.717, 1.165) is 5.69 Å². The highest BCUT2D eigenvalue weighted by atomic mass is 32.2. The Labute approximate surface area is 172 Å². The van der Waals surface area contributed by atoms with Crippen molar-refractivity contribution in [2.75, 3.05) is 13.1 Å². The minimum Gasteiger partial charge on any atom is -0.393 e. The van der Waals surface area contributed by atoms with Crippen LogP contribution in [0.5, 0.6) is 0 Å². The van der Waals surface area contributed by atoms with Crippen molar-refractivity contribution in [3.63, 3.8) is 0 Å². The SMILES string of the molecule is CC(C)(C)NS(=O)(=O)N1CCC(C(O)CC2c3ccccc3-c3cncn32)CC1. The van der Waals surface area contributed by atoms with Gasteiger partial charge < -0.3 is 9.67 Å². The Morgan fingerprint density at radius 1 is 1.24 bits per heavy atom. The highest BCUT2D eigenvalue weighted by molar-refractivity contribution is 7.87. The van der Waals surface area contributed by atoms with E-state index < -0.39 is 21.9 Å². The highest BCUT2D eigenvalue weighted by Gasteiger charge is 2.36. The first-order valence-electron chi connectivity index (χ1n) is 10.2. The van der Waals surface area contributed by atoms with Gasteiger partial charge in [-0.25, -0.2) is 4.98 Å². The summed E-state index contributed by atoms with van der Waals surface area (Å²) in [5.41, 5.74) is 2.98. The molecule has 1 saturated heterocycles. The molecule has 0 bridgehead atoms. The van der Waals surface area contributed by atoms with E-state index in [9.17, 15) is 13.5 Å². The average molecular weight is 419 g/mol. The number of nitrogens with one attached hydrogen (secondary N) is 1. The van der Waals surface area contributed by atoms with Crippen LogP contribution in [0.25, 0.3) is 11.3 Å². The molecule has 3 heterocycles. The molecule has 4 rings (SSSR count). The van der Waals surface area contributed by atoms with E-state index in [0.29, 0.717) is 32.4 Å². The fraction of sp³-hybridized carbons (Fsp3) is 0.571. The van der Waals surface area contributed by atoms with Gasteiger partial charge in [0.25, 0.3) is 10.2 Å². The summed E-state index contributed by atoms with van der Waals surface area (Å²) < 4.78 is 31.4. The van der Waals surface area contributed by atoms with Crippen LogP contribution in [0.2, 0.25) is 0 Å². The normalized spacial score (nSPS) is 21.7. The van der Waals surface area contributed by atoms with Gasteiger partial charge in [-0.05, 0) is 51.5 Å². The standard InChI is InChI=1S/C21H30N4O3S/c1-21(2,3)23-29(27,28)24-10-8-15(9-11-24)20(26)12-18-16-6-4-5-7-17(16)19-13-22-14-25(18)19/h4-7,13-15,18,20,23,26H,8-12H2,1-3H3. The van der Waals surface area contributed by atoms with Gasteiger partial charge in [0.05, 0.1) is 30.4 Å². The van der Waals surface area contributed by atoms with Gasteiger partial charge in [0.1, 0.15) is 0 Å². The van der Waals surface area contributed by atoms with E-state index in [4.69, 9.17) is 0 Å². The summed E-state index contributed by atoms with van der Waals surface area (Å²) in [5, 5.41) is 11.0. The Bertz CT molecular complexity index is 972. The molecule has 29 heavy (non-hydrogen) atoms. The van der Waals surface area contributed by atoms with Crippen molar-refractivity contribution < 1.29 is 13.5 Å². The van der Waals surface area contributed by atoms with Gasteiger partial charge >= 0.3 is 0 Å². The molecular weight excluding hydrogens is 388 g/mol. The summed E-state index contributed by atoms with van der Waals surface area (Å²) in [4.78, 5) is 4.28. The predicted molar refractivity (Wildman–Crippen MR) is 113 cm³/mol. The molecular formula is C21H30N4O3S. The lowest BCUT2D eigenvalue weighted by Gasteiger charge is -2.35. The maximum Gasteiger partial charge on any atom is 0.279 e.